The molecular formula is C15H24N4OS. The van der Waals surface area contributed by atoms with Gasteiger partial charge < -0.3 is 15.5 Å². The van der Waals surface area contributed by atoms with Gasteiger partial charge in [0.1, 0.15) is 0 Å². The minimum Gasteiger partial charge on any atom is -0.345 e. The molecule has 1 aliphatic carbocycles. The summed E-state index contributed by atoms with van der Waals surface area (Å²) < 4.78 is 0. The van der Waals surface area contributed by atoms with E-state index < -0.39 is 0 Å². The average Bonchev–Trinajstić information content (AvgIpc) is 3.15. The quantitative estimate of drug-likeness (QED) is 0.919. The molecule has 1 saturated carbocycles. The van der Waals surface area contributed by atoms with Crippen LogP contribution in [0.25, 0.3) is 0 Å². The Balaban J connectivity index is 1.54. The van der Waals surface area contributed by atoms with E-state index in [1.54, 1.807) is 11.3 Å². The fourth-order valence-electron chi connectivity index (χ4n) is 3.22. The summed E-state index contributed by atoms with van der Waals surface area (Å²) in [4.78, 5) is 22.6. The van der Waals surface area contributed by atoms with Crippen molar-refractivity contribution >= 4 is 22.4 Å². The monoisotopic (exact) mass is 308 g/mol. The summed E-state index contributed by atoms with van der Waals surface area (Å²) in [5.41, 5.74) is 5.92. The average molecular weight is 308 g/mol. The highest BCUT2D eigenvalue weighted by molar-refractivity contribution is 7.15. The molecule has 2 aliphatic rings. The molecule has 2 unspecified atom stereocenters. The number of hydrogen-bond acceptors (Lipinski definition) is 5. The van der Waals surface area contributed by atoms with Gasteiger partial charge in [0.15, 0.2) is 5.13 Å². The second-order valence-electron chi connectivity index (χ2n) is 6.05. The largest absolute Gasteiger partial charge is 0.345 e. The van der Waals surface area contributed by atoms with Crippen LogP contribution < -0.4 is 10.6 Å². The number of piperazine rings is 1. The van der Waals surface area contributed by atoms with Gasteiger partial charge in [-0.25, -0.2) is 4.98 Å². The molecule has 2 atom stereocenters. The number of nitrogens with two attached hydrogens (primary N) is 1. The van der Waals surface area contributed by atoms with Gasteiger partial charge in [-0.15, -0.1) is 11.3 Å². The van der Waals surface area contributed by atoms with Crippen molar-refractivity contribution in [2.24, 2.45) is 11.7 Å². The molecule has 2 heterocycles. The van der Waals surface area contributed by atoms with Crippen LogP contribution in [0.5, 0.6) is 0 Å². The standard InChI is InChI=1S/C15H24N4OS/c1-2-13-10-17-15(21-13)19-7-5-18(6-8-19)14(20)11-3-4-12(16)9-11/h10-12H,2-9,16H2,1H3. The number of aromatic nitrogens is 1. The van der Waals surface area contributed by atoms with Gasteiger partial charge in [-0.05, 0) is 25.7 Å². The first-order chi connectivity index (χ1) is 10.2. The Morgan fingerprint density at radius 3 is 2.71 bits per heavy atom. The first-order valence-corrected chi connectivity index (χ1v) is 8.73. The number of anilines is 1. The van der Waals surface area contributed by atoms with E-state index in [0.29, 0.717) is 5.91 Å². The third-order valence-corrected chi connectivity index (χ3v) is 5.78. The van der Waals surface area contributed by atoms with E-state index in [-0.39, 0.29) is 12.0 Å². The zero-order chi connectivity index (χ0) is 14.8. The summed E-state index contributed by atoms with van der Waals surface area (Å²) in [6, 6.07) is 0.225. The molecule has 6 heteroatoms. The Bertz CT molecular complexity index is 496. The molecule has 1 aliphatic heterocycles. The third-order valence-electron chi connectivity index (χ3n) is 4.57. The molecule has 5 nitrogen and oxygen atoms in total. The summed E-state index contributed by atoms with van der Waals surface area (Å²) in [5, 5.41) is 1.10. The lowest BCUT2D eigenvalue weighted by atomic mass is 10.1. The van der Waals surface area contributed by atoms with E-state index in [9.17, 15) is 4.79 Å². The van der Waals surface area contributed by atoms with Crippen LogP contribution in [0.4, 0.5) is 5.13 Å². The molecule has 2 N–H and O–H groups in total. The maximum absolute atomic E-state index is 12.5. The lowest BCUT2D eigenvalue weighted by Gasteiger charge is -2.35. The van der Waals surface area contributed by atoms with E-state index in [1.165, 1.54) is 4.88 Å². The highest BCUT2D eigenvalue weighted by atomic mass is 32.1. The fraction of sp³-hybridized carbons (Fsp3) is 0.733. The summed E-state index contributed by atoms with van der Waals surface area (Å²) in [7, 11) is 0. The number of carbonyl (C=O) groups is 1. The molecule has 116 valence electrons. The van der Waals surface area contributed by atoms with Crippen molar-refractivity contribution in [3.05, 3.63) is 11.1 Å². The van der Waals surface area contributed by atoms with Crippen LogP contribution in [-0.2, 0) is 11.2 Å². The summed E-state index contributed by atoms with van der Waals surface area (Å²) in [6.45, 7) is 5.56. The maximum Gasteiger partial charge on any atom is 0.225 e. The Kier molecular flexibility index (Phi) is 4.45. The Morgan fingerprint density at radius 1 is 1.38 bits per heavy atom. The molecule has 1 aromatic rings. The van der Waals surface area contributed by atoms with Gasteiger partial charge in [0.05, 0.1) is 0 Å². The summed E-state index contributed by atoms with van der Waals surface area (Å²) >= 11 is 1.77. The zero-order valence-corrected chi connectivity index (χ0v) is 13.4. The predicted molar refractivity (Wildman–Crippen MR) is 85.6 cm³/mol. The van der Waals surface area contributed by atoms with E-state index in [2.05, 4.69) is 16.8 Å². The highest BCUT2D eigenvalue weighted by Crippen LogP contribution is 2.28. The van der Waals surface area contributed by atoms with Gasteiger partial charge in [0.25, 0.3) is 0 Å². The molecule has 0 bridgehead atoms. The molecule has 21 heavy (non-hydrogen) atoms. The van der Waals surface area contributed by atoms with Crippen molar-refractivity contribution in [2.75, 3.05) is 31.1 Å². The first-order valence-electron chi connectivity index (χ1n) is 7.91. The zero-order valence-electron chi connectivity index (χ0n) is 12.6. The van der Waals surface area contributed by atoms with Crippen LogP contribution in [0.3, 0.4) is 0 Å². The first kappa shape index (κ1) is 14.8. The Morgan fingerprint density at radius 2 is 2.14 bits per heavy atom. The van der Waals surface area contributed by atoms with E-state index >= 15 is 0 Å². The molecule has 1 saturated heterocycles. The maximum atomic E-state index is 12.5. The molecule has 2 fully saturated rings. The molecule has 3 rings (SSSR count). The summed E-state index contributed by atoms with van der Waals surface area (Å²) in [6.07, 6.45) is 5.84. The number of rotatable bonds is 3. The van der Waals surface area contributed by atoms with Crippen molar-refractivity contribution in [1.29, 1.82) is 0 Å². The van der Waals surface area contributed by atoms with Crippen LogP contribution in [0.15, 0.2) is 6.20 Å². The smallest absolute Gasteiger partial charge is 0.225 e. The SMILES string of the molecule is CCc1cnc(N2CCN(C(=O)C3CCC(N)C3)CC2)s1. The molecule has 0 spiro atoms. The van der Waals surface area contributed by atoms with Crippen LogP contribution in [-0.4, -0.2) is 48.0 Å². The van der Waals surface area contributed by atoms with E-state index in [1.807, 2.05) is 11.1 Å². The number of carbonyl (C=O) groups excluding carboxylic acids is 1. The molecule has 0 radical (unpaired) electrons. The molecular weight excluding hydrogens is 284 g/mol. The van der Waals surface area contributed by atoms with Crippen LogP contribution in [0, 0.1) is 5.92 Å². The number of nitrogens with zero attached hydrogens (tertiary/aromatic N) is 3. The highest BCUT2D eigenvalue weighted by Gasteiger charge is 2.32. The summed E-state index contributed by atoms with van der Waals surface area (Å²) in [5.74, 6) is 0.481. The van der Waals surface area contributed by atoms with Gasteiger partial charge in [-0.3, -0.25) is 4.79 Å². The van der Waals surface area contributed by atoms with Crippen molar-refractivity contribution < 1.29 is 4.79 Å². The van der Waals surface area contributed by atoms with E-state index in [0.717, 1.165) is 57.0 Å². The second kappa shape index (κ2) is 6.32. The molecule has 1 amide bonds. The topological polar surface area (TPSA) is 62.5 Å². The van der Waals surface area contributed by atoms with Gasteiger partial charge in [0, 0.05) is 49.2 Å². The molecule has 1 aromatic heterocycles. The lowest BCUT2D eigenvalue weighted by molar-refractivity contribution is -0.135. The van der Waals surface area contributed by atoms with Gasteiger partial charge >= 0.3 is 0 Å². The fourth-order valence-corrected chi connectivity index (χ4v) is 4.13. The normalized spacial score (nSPS) is 26.4. The van der Waals surface area contributed by atoms with Crippen molar-refractivity contribution in [3.8, 4) is 0 Å². The lowest BCUT2D eigenvalue weighted by Crippen LogP contribution is -2.50. The van der Waals surface area contributed by atoms with E-state index in [4.69, 9.17) is 5.73 Å². The van der Waals surface area contributed by atoms with Crippen molar-refractivity contribution in [1.82, 2.24) is 9.88 Å². The number of aryl methyl sites for hydroxylation is 1. The predicted octanol–water partition coefficient (Wildman–Crippen LogP) is 1.48. The molecule has 0 aromatic carbocycles. The third kappa shape index (κ3) is 3.21. The Labute approximate surface area is 130 Å². The minimum atomic E-state index is 0.165. The van der Waals surface area contributed by atoms with Gasteiger partial charge in [0.2, 0.25) is 5.91 Å². The van der Waals surface area contributed by atoms with Crippen LogP contribution in [0.1, 0.15) is 31.1 Å². The van der Waals surface area contributed by atoms with Gasteiger partial charge in [-0.1, -0.05) is 6.92 Å². The van der Waals surface area contributed by atoms with Crippen molar-refractivity contribution in [2.45, 2.75) is 38.6 Å². The van der Waals surface area contributed by atoms with Gasteiger partial charge in [-0.2, -0.15) is 0 Å². The number of amides is 1. The number of thiazole rings is 1. The number of hydrogen-bond donors (Lipinski definition) is 1. The van der Waals surface area contributed by atoms with Crippen LogP contribution >= 0.6 is 11.3 Å². The van der Waals surface area contributed by atoms with Crippen LogP contribution in [0.2, 0.25) is 0 Å². The Hall–Kier alpha value is -1.14. The minimum absolute atomic E-state index is 0.165. The second-order valence-corrected chi connectivity index (χ2v) is 7.14. The van der Waals surface area contributed by atoms with Crippen molar-refractivity contribution in [3.63, 3.8) is 0 Å².